The highest BCUT2D eigenvalue weighted by Gasteiger charge is 2.31. The molecule has 1 aliphatic carbocycles. The Morgan fingerprint density at radius 3 is 1.64 bits per heavy atom. The molecular formula is C21H38O4. The van der Waals surface area contributed by atoms with Crippen molar-refractivity contribution in [2.24, 2.45) is 11.8 Å². The van der Waals surface area contributed by atoms with E-state index in [1.165, 1.54) is 58.5 Å². The second-order valence-corrected chi connectivity index (χ2v) is 7.42. The van der Waals surface area contributed by atoms with E-state index in [0.29, 0.717) is 6.61 Å². The first kappa shape index (κ1) is 22.0. The number of esters is 2. The Balaban J connectivity index is 1.93. The predicted octanol–water partition coefficient (Wildman–Crippen LogP) is 5.43. The van der Waals surface area contributed by atoms with Gasteiger partial charge in [0.25, 0.3) is 0 Å². The van der Waals surface area contributed by atoms with Crippen LogP contribution in [0.25, 0.3) is 0 Å². The van der Waals surface area contributed by atoms with E-state index in [-0.39, 0.29) is 23.8 Å². The summed E-state index contributed by atoms with van der Waals surface area (Å²) in [5.41, 5.74) is 0. The molecule has 1 fully saturated rings. The molecule has 25 heavy (non-hydrogen) atoms. The first-order chi connectivity index (χ1) is 12.2. The third-order valence-electron chi connectivity index (χ3n) is 5.34. The fraction of sp³-hybridized carbons (Fsp3) is 0.905. The van der Waals surface area contributed by atoms with Crippen molar-refractivity contribution in [3.05, 3.63) is 0 Å². The van der Waals surface area contributed by atoms with Gasteiger partial charge in [0.1, 0.15) is 0 Å². The van der Waals surface area contributed by atoms with Gasteiger partial charge in [0.05, 0.1) is 25.6 Å². The van der Waals surface area contributed by atoms with Crippen molar-refractivity contribution in [2.75, 3.05) is 13.7 Å². The van der Waals surface area contributed by atoms with Crippen LogP contribution in [0.1, 0.15) is 96.8 Å². The maximum atomic E-state index is 12.1. The topological polar surface area (TPSA) is 52.6 Å². The van der Waals surface area contributed by atoms with Crippen LogP contribution in [0.2, 0.25) is 0 Å². The normalized spacial score (nSPS) is 20.2. The number of carbonyl (C=O) groups is 2. The van der Waals surface area contributed by atoms with E-state index in [1.807, 2.05) is 0 Å². The lowest BCUT2D eigenvalue weighted by Gasteiger charge is -2.25. The summed E-state index contributed by atoms with van der Waals surface area (Å²) in [5, 5.41) is 0. The summed E-state index contributed by atoms with van der Waals surface area (Å²) in [5.74, 6) is -0.267. The third kappa shape index (κ3) is 9.86. The fourth-order valence-electron chi connectivity index (χ4n) is 3.61. The molecule has 0 spiro atoms. The van der Waals surface area contributed by atoms with Crippen LogP contribution < -0.4 is 0 Å². The summed E-state index contributed by atoms with van der Waals surface area (Å²) in [6, 6.07) is 0. The molecule has 0 saturated heterocycles. The van der Waals surface area contributed by atoms with Gasteiger partial charge in [0.2, 0.25) is 0 Å². The molecule has 0 bridgehead atoms. The van der Waals surface area contributed by atoms with Crippen LogP contribution in [-0.2, 0) is 19.1 Å². The zero-order valence-electron chi connectivity index (χ0n) is 16.4. The van der Waals surface area contributed by atoms with Gasteiger partial charge in [-0.2, -0.15) is 0 Å². The first-order valence-electron chi connectivity index (χ1n) is 10.4. The van der Waals surface area contributed by atoms with Crippen LogP contribution in [0.4, 0.5) is 0 Å². The monoisotopic (exact) mass is 354 g/mol. The molecule has 1 rings (SSSR count). The largest absolute Gasteiger partial charge is 0.469 e. The highest BCUT2D eigenvalue weighted by atomic mass is 16.5. The van der Waals surface area contributed by atoms with Gasteiger partial charge in [-0.3, -0.25) is 9.59 Å². The minimum Gasteiger partial charge on any atom is -0.469 e. The van der Waals surface area contributed by atoms with Gasteiger partial charge in [-0.15, -0.1) is 0 Å². The predicted molar refractivity (Wildman–Crippen MR) is 100 cm³/mol. The maximum absolute atomic E-state index is 12.1. The Bertz CT molecular complexity index is 359. The molecule has 0 unspecified atom stereocenters. The summed E-state index contributed by atoms with van der Waals surface area (Å²) in [6.45, 7) is 2.80. The molecule has 0 heterocycles. The van der Waals surface area contributed by atoms with Crippen LogP contribution in [0.15, 0.2) is 0 Å². The summed E-state index contributed by atoms with van der Waals surface area (Å²) in [7, 11) is 1.43. The van der Waals surface area contributed by atoms with Crippen LogP contribution in [-0.4, -0.2) is 25.7 Å². The Kier molecular flexibility index (Phi) is 12.4. The summed E-state index contributed by atoms with van der Waals surface area (Å²) in [4.78, 5) is 23.6. The van der Waals surface area contributed by atoms with E-state index >= 15 is 0 Å². The molecule has 1 saturated carbocycles. The van der Waals surface area contributed by atoms with E-state index in [1.54, 1.807) is 0 Å². The molecule has 0 aromatic rings. The van der Waals surface area contributed by atoms with Gasteiger partial charge in [-0.25, -0.2) is 0 Å². The van der Waals surface area contributed by atoms with Gasteiger partial charge < -0.3 is 9.47 Å². The van der Waals surface area contributed by atoms with E-state index < -0.39 is 0 Å². The van der Waals surface area contributed by atoms with Gasteiger partial charge in [0, 0.05) is 0 Å². The van der Waals surface area contributed by atoms with E-state index in [0.717, 1.165) is 38.5 Å². The molecule has 0 atom stereocenters. The molecule has 0 amide bonds. The zero-order chi connectivity index (χ0) is 18.3. The Labute approximate surface area is 154 Å². The van der Waals surface area contributed by atoms with Gasteiger partial charge in [-0.1, -0.05) is 64.7 Å². The average molecular weight is 355 g/mol. The van der Waals surface area contributed by atoms with Gasteiger partial charge >= 0.3 is 11.9 Å². The molecular weight excluding hydrogens is 316 g/mol. The molecule has 0 aliphatic heterocycles. The van der Waals surface area contributed by atoms with Gasteiger partial charge in [0.15, 0.2) is 0 Å². The average Bonchev–Trinajstić information content (AvgIpc) is 2.65. The number of hydrogen-bond acceptors (Lipinski definition) is 4. The van der Waals surface area contributed by atoms with Crippen LogP contribution >= 0.6 is 0 Å². The van der Waals surface area contributed by atoms with Crippen LogP contribution in [0, 0.1) is 11.8 Å². The fourth-order valence-corrected chi connectivity index (χ4v) is 3.61. The number of carbonyl (C=O) groups excluding carboxylic acids is 2. The van der Waals surface area contributed by atoms with Crippen molar-refractivity contribution in [1.82, 2.24) is 0 Å². The van der Waals surface area contributed by atoms with Crippen molar-refractivity contribution >= 4 is 11.9 Å². The highest BCUT2D eigenvalue weighted by molar-refractivity contribution is 5.75. The van der Waals surface area contributed by atoms with Crippen molar-refractivity contribution in [1.29, 1.82) is 0 Å². The molecule has 1 aliphatic rings. The first-order valence-corrected chi connectivity index (χ1v) is 10.4. The minimum atomic E-state index is -0.141. The van der Waals surface area contributed by atoms with Gasteiger partial charge in [-0.05, 0) is 32.1 Å². The lowest BCUT2D eigenvalue weighted by molar-refractivity contribution is -0.153. The Morgan fingerprint density at radius 1 is 0.720 bits per heavy atom. The van der Waals surface area contributed by atoms with Crippen LogP contribution in [0.3, 0.4) is 0 Å². The summed E-state index contributed by atoms with van der Waals surface area (Å²) in [6.07, 6.45) is 15.8. The number of hydrogen-bond donors (Lipinski definition) is 0. The third-order valence-corrected chi connectivity index (χ3v) is 5.34. The number of ether oxygens (including phenoxy) is 2. The highest BCUT2D eigenvalue weighted by Crippen LogP contribution is 2.30. The smallest absolute Gasteiger partial charge is 0.308 e. The number of rotatable bonds is 13. The molecule has 4 heteroatoms. The lowest BCUT2D eigenvalue weighted by Crippen LogP contribution is -2.28. The zero-order valence-corrected chi connectivity index (χ0v) is 16.4. The summed E-state index contributed by atoms with van der Waals surface area (Å²) >= 11 is 0. The molecule has 0 radical (unpaired) electrons. The minimum absolute atomic E-state index is 0.0240. The van der Waals surface area contributed by atoms with Crippen molar-refractivity contribution in [3.8, 4) is 0 Å². The van der Waals surface area contributed by atoms with E-state index in [2.05, 4.69) is 6.92 Å². The Morgan fingerprint density at radius 2 is 1.16 bits per heavy atom. The van der Waals surface area contributed by atoms with Crippen LogP contribution in [0.5, 0.6) is 0 Å². The van der Waals surface area contributed by atoms with E-state index in [9.17, 15) is 9.59 Å². The molecule has 4 nitrogen and oxygen atoms in total. The molecule has 0 aromatic carbocycles. The second-order valence-electron chi connectivity index (χ2n) is 7.42. The quantitative estimate of drug-likeness (QED) is 0.327. The lowest BCUT2D eigenvalue weighted by atomic mass is 9.82. The van der Waals surface area contributed by atoms with Crippen molar-refractivity contribution in [2.45, 2.75) is 96.8 Å². The number of unbranched alkanes of at least 4 members (excludes halogenated alkanes) is 9. The SMILES string of the molecule is CCCCCCCCCCCCOC(=O)C1CCC(C(=O)OC)CC1. The second kappa shape index (κ2) is 14.1. The van der Waals surface area contributed by atoms with Crippen molar-refractivity contribution in [3.63, 3.8) is 0 Å². The summed E-state index contributed by atoms with van der Waals surface area (Å²) < 4.78 is 10.2. The maximum Gasteiger partial charge on any atom is 0.308 e. The number of methoxy groups -OCH3 is 1. The molecule has 146 valence electrons. The van der Waals surface area contributed by atoms with Crippen molar-refractivity contribution < 1.29 is 19.1 Å². The standard InChI is InChI=1S/C21H38O4/c1-3-4-5-6-7-8-9-10-11-12-17-25-21(23)19-15-13-18(14-16-19)20(22)24-2/h18-19H,3-17H2,1-2H3. The molecule has 0 aromatic heterocycles. The Hall–Kier alpha value is -1.06. The van der Waals surface area contributed by atoms with E-state index in [4.69, 9.17) is 9.47 Å². The molecule has 0 N–H and O–H groups in total.